The molecule has 116 valence electrons. The molecule has 0 unspecified atom stereocenters. The van der Waals surface area contributed by atoms with Gasteiger partial charge in [-0.25, -0.2) is 0 Å². The van der Waals surface area contributed by atoms with E-state index in [0.29, 0.717) is 0 Å². The van der Waals surface area contributed by atoms with E-state index in [1.165, 1.54) is 44.9 Å². The number of unbranched alkanes of at least 4 members (excludes halogenated alkanes) is 6. The molecule has 0 saturated heterocycles. The van der Waals surface area contributed by atoms with E-state index >= 15 is 0 Å². The summed E-state index contributed by atoms with van der Waals surface area (Å²) in [6.07, 6.45) is 12.1. The fraction of sp³-hybridized carbons (Fsp3) is 1.00. The van der Waals surface area contributed by atoms with E-state index in [9.17, 15) is 0 Å². The average molecular weight is 337 g/mol. The first kappa shape index (κ1) is 19.4. The van der Waals surface area contributed by atoms with Gasteiger partial charge in [0.25, 0.3) is 0 Å². The van der Waals surface area contributed by atoms with E-state index < -0.39 is 0 Å². The third-order valence-corrected chi connectivity index (χ3v) is 3.74. The van der Waals surface area contributed by atoms with Crippen molar-refractivity contribution in [2.45, 2.75) is 84.3 Å². The van der Waals surface area contributed by atoms with E-state index in [0.717, 1.165) is 37.8 Å². The predicted octanol–water partition coefficient (Wildman–Crippen LogP) is 5.68. The maximum atomic E-state index is 5.87. The van der Waals surface area contributed by atoms with Crippen LogP contribution in [0, 0.1) is 0 Å². The van der Waals surface area contributed by atoms with Gasteiger partial charge in [0, 0.05) is 18.5 Å². The predicted molar refractivity (Wildman–Crippen MR) is 87.0 cm³/mol. The van der Waals surface area contributed by atoms with Crippen LogP contribution in [0.3, 0.4) is 0 Å². The van der Waals surface area contributed by atoms with Gasteiger partial charge in [0.2, 0.25) is 0 Å². The Labute approximate surface area is 128 Å². The summed E-state index contributed by atoms with van der Waals surface area (Å²) in [4.78, 5) is 0. The smallest absolute Gasteiger partial charge is 0.157 e. The molecule has 2 nitrogen and oxygen atoms in total. The van der Waals surface area contributed by atoms with Crippen LogP contribution in [0.4, 0.5) is 0 Å². The molecule has 0 aromatic heterocycles. The lowest BCUT2D eigenvalue weighted by Gasteiger charge is -2.18. The van der Waals surface area contributed by atoms with Crippen LogP contribution in [0.5, 0.6) is 0 Å². The number of halogens is 1. The molecule has 0 fully saturated rings. The minimum absolute atomic E-state index is 0.0315. The van der Waals surface area contributed by atoms with Gasteiger partial charge in [0.1, 0.15) is 0 Å². The molecule has 0 atom stereocenters. The molecule has 0 heterocycles. The number of alkyl halides is 1. The molecule has 0 aliphatic heterocycles. The van der Waals surface area contributed by atoms with Crippen LogP contribution in [-0.2, 0) is 9.47 Å². The van der Waals surface area contributed by atoms with Gasteiger partial charge < -0.3 is 9.47 Å². The van der Waals surface area contributed by atoms with Gasteiger partial charge >= 0.3 is 0 Å². The maximum absolute atomic E-state index is 5.87. The standard InChI is InChI=1S/C16H33BrO2/c1-3-5-10-14-18-16(12-8-7-9-13-17)19-15-11-6-4-2/h16H,3-15H2,1-2H3. The van der Waals surface area contributed by atoms with Gasteiger partial charge in [-0.05, 0) is 32.1 Å². The van der Waals surface area contributed by atoms with Crippen molar-refractivity contribution in [2.24, 2.45) is 0 Å². The number of ether oxygens (including phenoxy) is 2. The lowest BCUT2D eigenvalue weighted by Crippen LogP contribution is -2.19. The summed E-state index contributed by atoms with van der Waals surface area (Å²) in [5.74, 6) is 0. The van der Waals surface area contributed by atoms with Crippen molar-refractivity contribution < 1.29 is 9.47 Å². The van der Waals surface area contributed by atoms with E-state index in [1.54, 1.807) is 0 Å². The highest BCUT2D eigenvalue weighted by Crippen LogP contribution is 2.11. The molecule has 0 aromatic rings. The molecule has 0 aliphatic rings. The Hall–Kier alpha value is 0.400. The summed E-state index contributed by atoms with van der Waals surface area (Å²) < 4.78 is 11.7. The van der Waals surface area contributed by atoms with Gasteiger partial charge in [-0.15, -0.1) is 0 Å². The Morgan fingerprint density at radius 2 is 1.32 bits per heavy atom. The average Bonchev–Trinajstić information content (AvgIpc) is 2.43. The van der Waals surface area contributed by atoms with Gasteiger partial charge in [0.05, 0.1) is 0 Å². The van der Waals surface area contributed by atoms with Gasteiger partial charge in [0.15, 0.2) is 6.29 Å². The third-order valence-electron chi connectivity index (χ3n) is 3.18. The zero-order chi connectivity index (χ0) is 14.2. The summed E-state index contributed by atoms with van der Waals surface area (Å²) in [7, 11) is 0. The van der Waals surface area contributed by atoms with Gasteiger partial charge in [-0.1, -0.05) is 61.9 Å². The van der Waals surface area contributed by atoms with Crippen LogP contribution >= 0.6 is 15.9 Å². The number of rotatable bonds is 15. The third kappa shape index (κ3) is 14.6. The summed E-state index contributed by atoms with van der Waals surface area (Å²) >= 11 is 3.47. The Kier molecular flexibility index (Phi) is 16.8. The Balaban J connectivity index is 3.66. The quantitative estimate of drug-likeness (QED) is 0.217. The van der Waals surface area contributed by atoms with Crippen LogP contribution in [0.15, 0.2) is 0 Å². The van der Waals surface area contributed by atoms with E-state index in [1.807, 2.05) is 0 Å². The Morgan fingerprint density at radius 3 is 1.79 bits per heavy atom. The summed E-state index contributed by atoms with van der Waals surface area (Å²) in [5, 5.41) is 1.10. The minimum atomic E-state index is 0.0315. The molecular weight excluding hydrogens is 304 g/mol. The van der Waals surface area contributed by atoms with Crippen molar-refractivity contribution in [2.75, 3.05) is 18.5 Å². The van der Waals surface area contributed by atoms with Crippen LogP contribution in [0.1, 0.15) is 78.1 Å². The molecule has 0 rings (SSSR count). The number of hydrogen-bond donors (Lipinski definition) is 0. The van der Waals surface area contributed by atoms with Crippen molar-refractivity contribution in [3.05, 3.63) is 0 Å². The zero-order valence-electron chi connectivity index (χ0n) is 13.0. The minimum Gasteiger partial charge on any atom is -0.353 e. The summed E-state index contributed by atoms with van der Waals surface area (Å²) in [5.41, 5.74) is 0. The van der Waals surface area contributed by atoms with Crippen molar-refractivity contribution in [1.82, 2.24) is 0 Å². The van der Waals surface area contributed by atoms with Crippen LogP contribution in [0.2, 0.25) is 0 Å². The van der Waals surface area contributed by atoms with Crippen molar-refractivity contribution in [3.63, 3.8) is 0 Å². The monoisotopic (exact) mass is 336 g/mol. The molecule has 0 N–H and O–H groups in total. The van der Waals surface area contributed by atoms with Crippen molar-refractivity contribution in [3.8, 4) is 0 Å². The van der Waals surface area contributed by atoms with E-state index in [4.69, 9.17) is 9.47 Å². The van der Waals surface area contributed by atoms with E-state index in [2.05, 4.69) is 29.8 Å². The lowest BCUT2D eigenvalue weighted by molar-refractivity contribution is -0.148. The molecular formula is C16H33BrO2. The maximum Gasteiger partial charge on any atom is 0.157 e. The molecule has 19 heavy (non-hydrogen) atoms. The SMILES string of the molecule is CCCCCOC(CCCCCBr)OCCCCC. The first-order valence-corrected chi connectivity index (χ1v) is 9.26. The van der Waals surface area contributed by atoms with Crippen molar-refractivity contribution in [1.29, 1.82) is 0 Å². The van der Waals surface area contributed by atoms with E-state index in [-0.39, 0.29) is 6.29 Å². The highest BCUT2D eigenvalue weighted by Gasteiger charge is 2.08. The second-order valence-electron chi connectivity index (χ2n) is 5.12. The highest BCUT2D eigenvalue weighted by molar-refractivity contribution is 9.09. The molecule has 0 radical (unpaired) electrons. The Morgan fingerprint density at radius 1 is 0.737 bits per heavy atom. The normalized spacial score (nSPS) is 11.4. The first-order chi connectivity index (χ1) is 9.35. The fourth-order valence-corrected chi connectivity index (χ4v) is 2.33. The molecule has 0 spiro atoms. The van der Waals surface area contributed by atoms with Gasteiger partial charge in [-0.2, -0.15) is 0 Å². The molecule has 0 bridgehead atoms. The zero-order valence-corrected chi connectivity index (χ0v) is 14.6. The van der Waals surface area contributed by atoms with Crippen LogP contribution < -0.4 is 0 Å². The second-order valence-corrected chi connectivity index (χ2v) is 5.92. The first-order valence-electron chi connectivity index (χ1n) is 8.14. The van der Waals surface area contributed by atoms with Crippen molar-refractivity contribution >= 4 is 15.9 Å². The number of hydrogen-bond acceptors (Lipinski definition) is 2. The van der Waals surface area contributed by atoms with Crippen LogP contribution in [0.25, 0.3) is 0 Å². The lowest BCUT2D eigenvalue weighted by atomic mass is 10.2. The molecule has 3 heteroatoms. The molecule has 0 amide bonds. The van der Waals surface area contributed by atoms with Crippen LogP contribution in [-0.4, -0.2) is 24.8 Å². The molecule has 0 saturated carbocycles. The fourth-order valence-electron chi connectivity index (χ4n) is 1.93. The van der Waals surface area contributed by atoms with Gasteiger partial charge in [-0.3, -0.25) is 0 Å². The molecule has 0 aromatic carbocycles. The highest BCUT2D eigenvalue weighted by atomic mass is 79.9. The molecule has 0 aliphatic carbocycles. The second kappa shape index (κ2) is 16.5. The largest absolute Gasteiger partial charge is 0.353 e. The Bertz CT molecular complexity index is 136. The summed E-state index contributed by atoms with van der Waals surface area (Å²) in [6.45, 7) is 6.15. The topological polar surface area (TPSA) is 18.5 Å². The summed E-state index contributed by atoms with van der Waals surface area (Å²) in [6, 6.07) is 0.